The van der Waals surface area contributed by atoms with Gasteiger partial charge in [0.2, 0.25) is 0 Å². The first kappa shape index (κ1) is 13.6. The van der Waals surface area contributed by atoms with Gasteiger partial charge in [0.05, 0.1) is 0 Å². The number of aromatic nitrogens is 1. The van der Waals surface area contributed by atoms with Crippen molar-refractivity contribution in [2.75, 3.05) is 7.05 Å². The minimum Gasteiger partial charge on any atom is -0.479 e. The number of nitrogens with zero attached hydrogens (tertiary/aromatic N) is 2. The highest BCUT2D eigenvalue weighted by Crippen LogP contribution is 2.34. The number of aliphatic carboxylic acids is 1. The summed E-state index contributed by atoms with van der Waals surface area (Å²) < 4.78 is 5.01. The second-order valence-electron chi connectivity index (χ2n) is 5.02. The van der Waals surface area contributed by atoms with Crippen LogP contribution in [-0.2, 0) is 4.79 Å². The number of carbonyl (C=O) groups excluding carboxylic acids is 1. The van der Waals surface area contributed by atoms with Crippen molar-refractivity contribution in [2.45, 2.75) is 44.6 Å². The summed E-state index contributed by atoms with van der Waals surface area (Å²) in [4.78, 5) is 29.2. The zero-order valence-corrected chi connectivity index (χ0v) is 11.2. The third-order valence-corrected chi connectivity index (χ3v) is 3.97. The molecule has 1 amide bonds. The van der Waals surface area contributed by atoms with E-state index < -0.39 is 17.4 Å². The zero-order valence-electron chi connectivity index (χ0n) is 11.2. The number of carboxylic acids is 1. The summed E-state index contributed by atoms with van der Waals surface area (Å²) in [5.41, 5.74) is -0.922. The molecule has 6 nitrogen and oxygen atoms in total. The van der Waals surface area contributed by atoms with E-state index in [2.05, 4.69) is 4.98 Å². The van der Waals surface area contributed by atoms with Gasteiger partial charge in [-0.25, -0.2) is 9.78 Å². The number of rotatable bonds is 3. The summed E-state index contributed by atoms with van der Waals surface area (Å²) in [5, 5.41) is 9.54. The molecule has 0 atom stereocenters. The van der Waals surface area contributed by atoms with E-state index in [9.17, 15) is 14.7 Å². The Bertz CT molecular complexity index is 489. The molecule has 0 bridgehead atoms. The summed E-state index contributed by atoms with van der Waals surface area (Å²) in [5.74, 6) is -0.923. The lowest BCUT2D eigenvalue weighted by Gasteiger charge is -2.40. The van der Waals surface area contributed by atoms with E-state index >= 15 is 0 Å². The van der Waals surface area contributed by atoms with E-state index in [1.807, 2.05) is 0 Å². The topological polar surface area (TPSA) is 83.6 Å². The molecule has 0 saturated heterocycles. The first-order valence-corrected chi connectivity index (χ1v) is 6.41. The number of hydrogen-bond donors (Lipinski definition) is 1. The van der Waals surface area contributed by atoms with Crippen molar-refractivity contribution in [1.29, 1.82) is 0 Å². The van der Waals surface area contributed by atoms with E-state index in [1.54, 1.807) is 6.92 Å². The number of aryl methyl sites for hydroxylation is 1. The molecule has 0 radical (unpaired) electrons. The van der Waals surface area contributed by atoms with Gasteiger partial charge in [0.25, 0.3) is 5.91 Å². The van der Waals surface area contributed by atoms with Crippen LogP contribution >= 0.6 is 0 Å². The van der Waals surface area contributed by atoms with Gasteiger partial charge in [-0.15, -0.1) is 0 Å². The zero-order chi connectivity index (χ0) is 14.0. The lowest BCUT2D eigenvalue weighted by atomic mass is 9.80. The fraction of sp³-hybridized carbons (Fsp3) is 0.615. The standard InChI is InChI=1S/C13H18N2O4/c1-9-10(14-8-19-9)11(16)15(2)13(12(17)18)6-4-3-5-7-13/h8H,3-7H2,1-2H3,(H,17,18). The molecule has 1 fully saturated rings. The van der Waals surface area contributed by atoms with E-state index in [1.165, 1.54) is 18.3 Å². The molecule has 0 spiro atoms. The molecule has 104 valence electrons. The van der Waals surface area contributed by atoms with Crippen LogP contribution < -0.4 is 0 Å². The minimum absolute atomic E-state index is 0.189. The predicted molar refractivity (Wildman–Crippen MR) is 66.8 cm³/mol. The Kier molecular flexibility index (Phi) is 3.59. The Morgan fingerprint density at radius 2 is 2.00 bits per heavy atom. The van der Waals surface area contributed by atoms with E-state index in [0.717, 1.165) is 19.3 Å². The van der Waals surface area contributed by atoms with Gasteiger partial charge >= 0.3 is 5.97 Å². The molecular weight excluding hydrogens is 248 g/mol. The smallest absolute Gasteiger partial charge is 0.329 e. The maximum atomic E-state index is 12.4. The SMILES string of the molecule is Cc1ocnc1C(=O)N(C)C1(C(=O)O)CCCCC1. The quantitative estimate of drug-likeness (QED) is 0.902. The van der Waals surface area contributed by atoms with Gasteiger partial charge in [0.15, 0.2) is 12.1 Å². The number of hydrogen-bond acceptors (Lipinski definition) is 4. The van der Waals surface area contributed by atoms with E-state index in [4.69, 9.17) is 4.42 Å². The van der Waals surface area contributed by atoms with Crippen LogP contribution in [0.1, 0.15) is 48.4 Å². The highest BCUT2D eigenvalue weighted by atomic mass is 16.4. The number of carbonyl (C=O) groups is 2. The molecule has 1 heterocycles. The van der Waals surface area contributed by atoms with Crippen LogP contribution in [0.25, 0.3) is 0 Å². The Hall–Kier alpha value is -1.85. The Morgan fingerprint density at radius 1 is 1.37 bits per heavy atom. The van der Waals surface area contributed by atoms with Crippen LogP contribution in [0, 0.1) is 6.92 Å². The third kappa shape index (κ3) is 2.22. The van der Waals surface area contributed by atoms with Crippen LogP contribution in [-0.4, -0.2) is 39.5 Å². The molecule has 1 aliphatic carbocycles. The van der Waals surface area contributed by atoms with Gasteiger partial charge in [-0.05, 0) is 19.8 Å². The molecule has 2 rings (SSSR count). The molecule has 0 aliphatic heterocycles. The molecule has 1 aromatic heterocycles. The van der Waals surface area contributed by atoms with Crippen molar-refractivity contribution in [3.05, 3.63) is 17.8 Å². The first-order valence-electron chi connectivity index (χ1n) is 6.41. The summed E-state index contributed by atoms with van der Waals surface area (Å²) in [6.45, 7) is 1.64. The molecule has 1 N–H and O–H groups in total. The fourth-order valence-electron chi connectivity index (χ4n) is 2.69. The summed E-state index contributed by atoms with van der Waals surface area (Å²) in [6, 6.07) is 0. The Morgan fingerprint density at radius 3 is 2.47 bits per heavy atom. The second-order valence-corrected chi connectivity index (χ2v) is 5.02. The number of likely N-dealkylation sites (N-methyl/N-ethyl adjacent to an activating group) is 1. The number of amides is 1. The molecule has 1 aliphatic rings. The van der Waals surface area contributed by atoms with Crippen molar-refractivity contribution < 1.29 is 19.1 Å². The average molecular weight is 266 g/mol. The van der Waals surface area contributed by atoms with Crippen LogP contribution in [0.15, 0.2) is 10.8 Å². The van der Waals surface area contributed by atoms with E-state index in [-0.39, 0.29) is 5.69 Å². The Balaban J connectivity index is 2.30. The van der Waals surface area contributed by atoms with Crippen molar-refractivity contribution in [3.63, 3.8) is 0 Å². The Labute approximate surface area is 111 Å². The molecule has 6 heteroatoms. The highest BCUT2D eigenvalue weighted by molar-refractivity contribution is 5.96. The molecule has 19 heavy (non-hydrogen) atoms. The predicted octanol–water partition coefficient (Wildman–Crippen LogP) is 1.84. The van der Waals surface area contributed by atoms with Crippen molar-refractivity contribution in [3.8, 4) is 0 Å². The van der Waals surface area contributed by atoms with Gasteiger partial charge in [0, 0.05) is 7.05 Å². The van der Waals surface area contributed by atoms with Gasteiger partial charge < -0.3 is 14.4 Å². The van der Waals surface area contributed by atoms with Gasteiger partial charge in [-0.2, -0.15) is 0 Å². The van der Waals surface area contributed by atoms with Gasteiger partial charge in [0.1, 0.15) is 11.3 Å². The van der Waals surface area contributed by atoms with E-state index in [0.29, 0.717) is 18.6 Å². The number of carboxylic acid groups (broad SMARTS) is 1. The fourth-order valence-corrected chi connectivity index (χ4v) is 2.69. The lowest BCUT2D eigenvalue weighted by Crippen LogP contribution is -2.56. The van der Waals surface area contributed by atoms with Crippen LogP contribution in [0.5, 0.6) is 0 Å². The number of oxazole rings is 1. The van der Waals surface area contributed by atoms with Crippen LogP contribution in [0.2, 0.25) is 0 Å². The molecular formula is C13H18N2O4. The maximum absolute atomic E-state index is 12.4. The first-order chi connectivity index (χ1) is 8.99. The monoisotopic (exact) mass is 266 g/mol. The molecule has 0 aromatic carbocycles. The average Bonchev–Trinajstić information content (AvgIpc) is 2.84. The summed E-state index contributed by atoms with van der Waals surface area (Å²) >= 11 is 0. The van der Waals surface area contributed by atoms with Gasteiger partial charge in [-0.3, -0.25) is 4.79 Å². The normalized spacial score (nSPS) is 18.0. The van der Waals surface area contributed by atoms with Gasteiger partial charge in [-0.1, -0.05) is 19.3 Å². The maximum Gasteiger partial charge on any atom is 0.329 e. The van der Waals surface area contributed by atoms with Crippen LogP contribution in [0.4, 0.5) is 0 Å². The third-order valence-electron chi connectivity index (χ3n) is 3.97. The second kappa shape index (κ2) is 5.03. The largest absolute Gasteiger partial charge is 0.479 e. The van der Waals surface area contributed by atoms with Crippen molar-refractivity contribution >= 4 is 11.9 Å². The van der Waals surface area contributed by atoms with Crippen molar-refractivity contribution in [1.82, 2.24) is 9.88 Å². The molecule has 1 aromatic rings. The van der Waals surface area contributed by atoms with Crippen LogP contribution in [0.3, 0.4) is 0 Å². The molecule has 0 unspecified atom stereocenters. The lowest BCUT2D eigenvalue weighted by molar-refractivity contribution is -0.151. The highest BCUT2D eigenvalue weighted by Gasteiger charge is 2.46. The minimum atomic E-state index is -1.11. The molecule has 1 saturated carbocycles. The summed E-state index contributed by atoms with van der Waals surface area (Å²) in [6.07, 6.45) is 4.83. The van der Waals surface area contributed by atoms with Crippen molar-refractivity contribution in [2.24, 2.45) is 0 Å². The summed E-state index contributed by atoms with van der Waals surface area (Å²) in [7, 11) is 1.54.